The van der Waals surface area contributed by atoms with Gasteiger partial charge in [-0.1, -0.05) is 28.1 Å². The molecule has 1 saturated heterocycles. The lowest BCUT2D eigenvalue weighted by molar-refractivity contribution is -0.168. The number of hydrogen-bond acceptors (Lipinski definition) is 4. The fourth-order valence-corrected chi connectivity index (χ4v) is 3.68. The van der Waals surface area contributed by atoms with E-state index in [0.717, 1.165) is 9.35 Å². The van der Waals surface area contributed by atoms with Crippen molar-refractivity contribution in [3.8, 4) is 0 Å². The Morgan fingerprint density at radius 2 is 2.14 bits per heavy atom. The van der Waals surface area contributed by atoms with Crippen LogP contribution in [0.15, 0.2) is 40.9 Å². The van der Waals surface area contributed by atoms with Crippen LogP contribution >= 0.6 is 27.3 Å². The highest BCUT2D eigenvalue weighted by atomic mass is 79.9. The Kier molecular flexibility index (Phi) is 4.03. The third-order valence-electron chi connectivity index (χ3n) is 3.45. The Labute approximate surface area is 139 Å². The largest absolute Gasteiger partial charge is 0.302 e. The van der Waals surface area contributed by atoms with Crippen LogP contribution < -0.4 is 0 Å². The number of hydroxylamine groups is 2. The molecule has 1 unspecified atom stereocenters. The maximum absolute atomic E-state index is 12.7. The van der Waals surface area contributed by atoms with Gasteiger partial charge in [0.1, 0.15) is 6.54 Å². The molecule has 1 fully saturated rings. The molecule has 0 spiro atoms. The van der Waals surface area contributed by atoms with E-state index >= 15 is 0 Å². The molecule has 1 N–H and O–H groups in total. The second-order valence-electron chi connectivity index (χ2n) is 5.01. The first-order valence-corrected chi connectivity index (χ1v) is 8.22. The van der Waals surface area contributed by atoms with Crippen LogP contribution in [0.25, 0.3) is 0 Å². The molecule has 114 valence electrons. The summed E-state index contributed by atoms with van der Waals surface area (Å²) in [4.78, 5) is 27.5. The van der Waals surface area contributed by atoms with Crippen molar-refractivity contribution in [1.82, 2.24) is 9.96 Å². The quantitative estimate of drug-likeness (QED) is 0.813. The third-order valence-corrected chi connectivity index (χ3v) is 4.93. The van der Waals surface area contributed by atoms with E-state index in [1.54, 1.807) is 24.3 Å². The average Bonchev–Trinajstić information content (AvgIpc) is 3.03. The lowest BCUT2D eigenvalue weighted by atomic mass is 10.1. The Morgan fingerprint density at radius 3 is 2.77 bits per heavy atom. The van der Waals surface area contributed by atoms with E-state index in [1.165, 1.54) is 16.2 Å². The summed E-state index contributed by atoms with van der Waals surface area (Å²) in [6, 6.07) is 10.8. The van der Waals surface area contributed by atoms with E-state index in [9.17, 15) is 14.8 Å². The SMILES string of the molecule is Cc1ccc(C(=O)N2CC(=O)N(O)C2c2cccc(Br)c2)s1. The molecule has 5 nitrogen and oxygen atoms in total. The predicted molar refractivity (Wildman–Crippen MR) is 85.6 cm³/mol. The van der Waals surface area contributed by atoms with Crippen molar-refractivity contribution in [2.45, 2.75) is 13.1 Å². The second kappa shape index (κ2) is 5.83. The first kappa shape index (κ1) is 15.2. The van der Waals surface area contributed by atoms with Gasteiger partial charge >= 0.3 is 0 Å². The summed E-state index contributed by atoms with van der Waals surface area (Å²) in [6.07, 6.45) is -0.806. The third kappa shape index (κ3) is 2.67. The molecule has 1 aliphatic rings. The average molecular weight is 381 g/mol. The van der Waals surface area contributed by atoms with E-state index in [1.807, 2.05) is 19.1 Å². The summed E-state index contributed by atoms with van der Waals surface area (Å²) in [6.45, 7) is 1.78. The van der Waals surface area contributed by atoms with Gasteiger partial charge in [0.05, 0.1) is 4.88 Å². The van der Waals surface area contributed by atoms with Gasteiger partial charge in [0, 0.05) is 9.35 Å². The molecule has 0 radical (unpaired) electrons. The van der Waals surface area contributed by atoms with Crippen LogP contribution in [0.5, 0.6) is 0 Å². The summed E-state index contributed by atoms with van der Waals surface area (Å²) in [5.41, 5.74) is 0.671. The predicted octanol–water partition coefficient (Wildman–Crippen LogP) is 3.19. The molecule has 22 heavy (non-hydrogen) atoms. The fraction of sp³-hybridized carbons (Fsp3) is 0.200. The van der Waals surface area contributed by atoms with Gasteiger partial charge < -0.3 is 4.90 Å². The zero-order chi connectivity index (χ0) is 15.9. The number of rotatable bonds is 2. The molecule has 2 heterocycles. The van der Waals surface area contributed by atoms with Crippen molar-refractivity contribution < 1.29 is 14.8 Å². The number of carbonyl (C=O) groups is 2. The normalized spacial score (nSPS) is 18.1. The fourth-order valence-electron chi connectivity index (χ4n) is 2.44. The van der Waals surface area contributed by atoms with Crippen molar-refractivity contribution in [3.63, 3.8) is 0 Å². The molecule has 0 bridgehead atoms. The Bertz CT molecular complexity index is 746. The molecule has 3 rings (SSSR count). The lowest BCUT2D eigenvalue weighted by Crippen LogP contribution is -2.33. The number of amides is 2. The van der Waals surface area contributed by atoms with Crippen molar-refractivity contribution in [2.24, 2.45) is 0 Å². The summed E-state index contributed by atoms with van der Waals surface area (Å²) < 4.78 is 0.817. The molecule has 0 aliphatic carbocycles. The monoisotopic (exact) mass is 380 g/mol. The molecule has 1 aromatic heterocycles. The van der Waals surface area contributed by atoms with Crippen LogP contribution in [0.2, 0.25) is 0 Å². The first-order valence-electron chi connectivity index (χ1n) is 6.61. The van der Waals surface area contributed by atoms with Crippen LogP contribution in [0.1, 0.15) is 26.3 Å². The van der Waals surface area contributed by atoms with Gasteiger partial charge in [0.25, 0.3) is 11.8 Å². The lowest BCUT2D eigenvalue weighted by Gasteiger charge is -2.26. The first-order chi connectivity index (χ1) is 10.5. The van der Waals surface area contributed by atoms with Crippen molar-refractivity contribution in [3.05, 3.63) is 56.2 Å². The maximum atomic E-state index is 12.7. The number of carbonyl (C=O) groups excluding carboxylic acids is 2. The van der Waals surface area contributed by atoms with E-state index in [0.29, 0.717) is 15.5 Å². The molecule has 7 heteroatoms. The molecular weight excluding hydrogens is 368 g/mol. The van der Waals surface area contributed by atoms with Gasteiger partial charge in [-0.3, -0.25) is 14.8 Å². The Hall–Kier alpha value is -1.70. The number of hydrogen-bond donors (Lipinski definition) is 1. The van der Waals surface area contributed by atoms with E-state index < -0.39 is 12.1 Å². The summed E-state index contributed by atoms with van der Waals surface area (Å²) in [5, 5.41) is 10.7. The molecule has 1 aliphatic heterocycles. The number of benzene rings is 1. The van der Waals surface area contributed by atoms with Gasteiger partial charge in [-0.15, -0.1) is 11.3 Å². The highest BCUT2D eigenvalue weighted by Gasteiger charge is 2.41. The molecule has 1 atom stereocenters. The van der Waals surface area contributed by atoms with Gasteiger partial charge in [-0.05, 0) is 36.8 Å². The van der Waals surface area contributed by atoms with E-state index in [-0.39, 0.29) is 12.5 Å². The summed E-state index contributed by atoms with van der Waals surface area (Å²) in [7, 11) is 0. The minimum atomic E-state index is -0.806. The van der Waals surface area contributed by atoms with Gasteiger partial charge in [0.2, 0.25) is 0 Å². The smallest absolute Gasteiger partial charge is 0.267 e. The van der Waals surface area contributed by atoms with Gasteiger partial charge in [0.15, 0.2) is 6.17 Å². The minimum Gasteiger partial charge on any atom is -0.302 e. The molecule has 1 aromatic carbocycles. The molecular formula is C15H13BrN2O3S. The van der Waals surface area contributed by atoms with Crippen molar-refractivity contribution in [1.29, 1.82) is 0 Å². The van der Waals surface area contributed by atoms with Crippen LogP contribution in [0, 0.1) is 6.92 Å². The summed E-state index contributed by atoms with van der Waals surface area (Å²) in [5.74, 6) is -0.750. The standard InChI is InChI=1S/C15H13BrN2O3S/c1-9-5-6-12(22-9)15(20)17-8-13(19)18(21)14(17)10-3-2-4-11(16)7-10/h2-7,14,21H,8H2,1H3. The maximum Gasteiger partial charge on any atom is 0.267 e. The van der Waals surface area contributed by atoms with Crippen LogP contribution in [-0.4, -0.2) is 33.5 Å². The Morgan fingerprint density at radius 1 is 1.36 bits per heavy atom. The van der Waals surface area contributed by atoms with Crippen molar-refractivity contribution in [2.75, 3.05) is 6.54 Å². The Balaban J connectivity index is 1.98. The number of thiophene rings is 1. The highest BCUT2D eigenvalue weighted by Crippen LogP contribution is 2.33. The zero-order valence-corrected chi connectivity index (χ0v) is 14.1. The topological polar surface area (TPSA) is 60.9 Å². The summed E-state index contributed by atoms with van der Waals surface area (Å²) >= 11 is 4.74. The number of nitrogens with zero attached hydrogens (tertiary/aromatic N) is 2. The molecule has 2 aromatic rings. The molecule has 2 amide bonds. The number of aryl methyl sites for hydroxylation is 1. The molecule has 0 saturated carbocycles. The minimum absolute atomic E-state index is 0.135. The van der Waals surface area contributed by atoms with Gasteiger partial charge in [-0.25, -0.2) is 0 Å². The van der Waals surface area contributed by atoms with Gasteiger partial charge in [-0.2, -0.15) is 5.06 Å². The zero-order valence-electron chi connectivity index (χ0n) is 11.7. The van der Waals surface area contributed by atoms with E-state index in [4.69, 9.17) is 0 Å². The van der Waals surface area contributed by atoms with Crippen LogP contribution in [0.4, 0.5) is 0 Å². The second-order valence-corrected chi connectivity index (χ2v) is 7.21. The van der Waals surface area contributed by atoms with E-state index in [2.05, 4.69) is 15.9 Å². The highest BCUT2D eigenvalue weighted by molar-refractivity contribution is 9.10. The number of halogens is 1. The van der Waals surface area contributed by atoms with Crippen LogP contribution in [-0.2, 0) is 4.79 Å². The van der Waals surface area contributed by atoms with Crippen LogP contribution in [0.3, 0.4) is 0 Å². The van der Waals surface area contributed by atoms with Crippen molar-refractivity contribution >= 4 is 39.1 Å².